The lowest BCUT2D eigenvalue weighted by Crippen LogP contribution is -2.24. The van der Waals surface area contributed by atoms with Crippen LogP contribution in [-0.2, 0) is 11.3 Å². The number of carbonyl (C=O) groups excluding carboxylic acids is 1. The van der Waals surface area contributed by atoms with Crippen molar-refractivity contribution in [2.75, 3.05) is 0 Å². The molecule has 0 aromatic heterocycles. The lowest BCUT2D eigenvalue weighted by molar-refractivity contribution is -0.121. The molecule has 0 spiro atoms. The van der Waals surface area contributed by atoms with Crippen LogP contribution in [0.5, 0.6) is 0 Å². The third-order valence-corrected chi connectivity index (χ3v) is 3.66. The Kier molecular flexibility index (Phi) is 5.19. The van der Waals surface area contributed by atoms with Gasteiger partial charge in [-0.3, -0.25) is 4.79 Å². The van der Waals surface area contributed by atoms with Gasteiger partial charge in [0.25, 0.3) is 0 Å². The highest BCUT2D eigenvalue weighted by molar-refractivity contribution is 6.31. The van der Waals surface area contributed by atoms with Gasteiger partial charge >= 0.3 is 0 Å². The molecule has 0 aliphatic heterocycles. The molecule has 2 nitrogen and oxygen atoms in total. The molecule has 3 heteroatoms. The monoisotopic (exact) mass is 287 g/mol. The standard InChI is InChI=1S/C17H18ClNO/c1-13(14-7-3-2-4-8-14)11-17(20)19-12-15-9-5-6-10-16(15)18/h2-10,13H,11-12H2,1H3,(H,19,20). The van der Waals surface area contributed by atoms with E-state index >= 15 is 0 Å². The summed E-state index contributed by atoms with van der Waals surface area (Å²) < 4.78 is 0. The van der Waals surface area contributed by atoms with Gasteiger partial charge in [0.15, 0.2) is 0 Å². The number of rotatable bonds is 5. The van der Waals surface area contributed by atoms with Gasteiger partial charge in [-0.15, -0.1) is 0 Å². The molecule has 1 N–H and O–H groups in total. The predicted octanol–water partition coefficient (Wildman–Crippen LogP) is 4.15. The van der Waals surface area contributed by atoms with Crippen molar-refractivity contribution in [2.24, 2.45) is 0 Å². The Balaban J connectivity index is 1.86. The minimum atomic E-state index is 0.0428. The quantitative estimate of drug-likeness (QED) is 0.879. The van der Waals surface area contributed by atoms with E-state index in [1.807, 2.05) is 54.6 Å². The van der Waals surface area contributed by atoms with Crippen LogP contribution in [0.1, 0.15) is 30.4 Å². The molecule has 0 heterocycles. The Morgan fingerprint density at radius 3 is 2.45 bits per heavy atom. The fourth-order valence-electron chi connectivity index (χ4n) is 2.09. The molecule has 1 unspecified atom stereocenters. The summed E-state index contributed by atoms with van der Waals surface area (Å²) in [4.78, 5) is 12.0. The Hall–Kier alpha value is -1.80. The normalized spacial score (nSPS) is 11.9. The van der Waals surface area contributed by atoms with E-state index in [1.54, 1.807) is 0 Å². The average Bonchev–Trinajstić information content (AvgIpc) is 2.47. The first-order valence-corrected chi connectivity index (χ1v) is 7.09. The van der Waals surface area contributed by atoms with E-state index in [2.05, 4.69) is 12.2 Å². The molecule has 0 saturated carbocycles. The lowest BCUT2D eigenvalue weighted by Gasteiger charge is -2.12. The van der Waals surface area contributed by atoms with Crippen molar-refractivity contribution in [3.63, 3.8) is 0 Å². The molecule has 0 radical (unpaired) electrons. The summed E-state index contributed by atoms with van der Waals surface area (Å²) in [6, 6.07) is 17.6. The molecule has 2 aromatic rings. The van der Waals surface area contributed by atoms with Gasteiger partial charge in [0, 0.05) is 18.0 Å². The molecule has 104 valence electrons. The van der Waals surface area contributed by atoms with E-state index in [4.69, 9.17) is 11.6 Å². The second-order valence-corrected chi connectivity index (χ2v) is 5.29. The molecule has 1 atom stereocenters. The van der Waals surface area contributed by atoms with Crippen LogP contribution in [0.25, 0.3) is 0 Å². The third-order valence-electron chi connectivity index (χ3n) is 3.29. The van der Waals surface area contributed by atoms with Gasteiger partial charge in [0.05, 0.1) is 0 Å². The highest BCUT2D eigenvalue weighted by Crippen LogP contribution is 2.19. The van der Waals surface area contributed by atoms with Crippen molar-refractivity contribution in [2.45, 2.75) is 25.8 Å². The summed E-state index contributed by atoms with van der Waals surface area (Å²) >= 11 is 6.06. The lowest BCUT2D eigenvalue weighted by atomic mass is 9.97. The van der Waals surface area contributed by atoms with Crippen LogP contribution in [0.3, 0.4) is 0 Å². The molecule has 20 heavy (non-hydrogen) atoms. The van der Waals surface area contributed by atoms with E-state index < -0.39 is 0 Å². The Bertz CT molecular complexity index is 568. The largest absolute Gasteiger partial charge is 0.352 e. The maximum Gasteiger partial charge on any atom is 0.220 e. The number of amides is 1. The van der Waals surface area contributed by atoms with Gasteiger partial charge in [0.2, 0.25) is 5.91 Å². The van der Waals surface area contributed by atoms with E-state index in [9.17, 15) is 4.79 Å². The second-order valence-electron chi connectivity index (χ2n) is 4.88. The van der Waals surface area contributed by atoms with Crippen LogP contribution in [0.4, 0.5) is 0 Å². The fourth-order valence-corrected chi connectivity index (χ4v) is 2.29. The zero-order valence-corrected chi connectivity index (χ0v) is 12.2. The van der Waals surface area contributed by atoms with Gasteiger partial charge in [-0.2, -0.15) is 0 Å². The summed E-state index contributed by atoms with van der Waals surface area (Å²) in [5.41, 5.74) is 2.12. The van der Waals surface area contributed by atoms with Crippen molar-refractivity contribution in [3.8, 4) is 0 Å². The highest BCUT2D eigenvalue weighted by Gasteiger charge is 2.11. The van der Waals surface area contributed by atoms with Crippen molar-refractivity contribution < 1.29 is 4.79 Å². The van der Waals surface area contributed by atoms with Gasteiger partial charge < -0.3 is 5.32 Å². The Labute approximate surface area is 124 Å². The van der Waals surface area contributed by atoms with E-state index in [1.165, 1.54) is 5.56 Å². The Morgan fingerprint density at radius 2 is 1.75 bits per heavy atom. The Morgan fingerprint density at radius 1 is 1.10 bits per heavy atom. The smallest absolute Gasteiger partial charge is 0.220 e. The highest BCUT2D eigenvalue weighted by atomic mass is 35.5. The third kappa shape index (κ3) is 4.10. The summed E-state index contributed by atoms with van der Waals surface area (Å²) in [6.07, 6.45) is 0.481. The molecule has 0 saturated heterocycles. The van der Waals surface area contributed by atoms with E-state index in [-0.39, 0.29) is 11.8 Å². The van der Waals surface area contributed by atoms with Crippen molar-refractivity contribution in [1.29, 1.82) is 0 Å². The van der Waals surface area contributed by atoms with Crippen LogP contribution in [0.15, 0.2) is 54.6 Å². The molecule has 1 amide bonds. The minimum Gasteiger partial charge on any atom is -0.352 e. The van der Waals surface area contributed by atoms with Gasteiger partial charge in [0.1, 0.15) is 0 Å². The maximum absolute atomic E-state index is 12.0. The first-order chi connectivity index (χ1) is 9.66. The molecule has 0 bridgehead atoms. The fraction of sp³-hybridized carbons (Fsp3) is 0.235. The number of halogens is 1. The molecular weight excluding hydrogens is 270 g/mol. The van der Waals surface area contributed by atoms with Gasteiger partial charge in [-0.25, -0.2) is 0 Å². The second kappa shape index (κ2) is 7.11. The summed E-state index contributed by atoms with van der Waals surface area (Å²) in [5.74, 6) is 0.253. The topological polar surface area (TPSA) is 29.1 Å². The van der Waals surface area contributed by atoms with Crippen LogP contribution < -0.4 is 5.32 Å². The van der Waals surface area contributed by atoms with Crippen molar-refractivity contribution >= 4 is 17.5 Å². The van der Waals surface area contributed by atoms with Gasteiger partial charge in [-0.1, -0.05) is 67.1 Å². The number of carbonyl (C=O) groups is 1. The summed E-state index contributed by atoms with van der Waals surface area (Å²) in [7, 11) is 0. The number of nitrogens with one attached hydrogen (secondary N) is 1. The molecule has 0 fully saturated rings. The van der Waals surface area contributed by atoms with E-state index in [0.717, 1.165) is 5.56 Å². The zero-order chi connectivity index (χ0) is 14.4. The molecule has 2 rings (SSSR count). The number of benzene rings is 2. The van der Waals surface area contributed by atoms with Crippen LogP contribution in [0.2, 0.25) is 5.02 Å². The minimum absolute atomic E-state index is 0.0428. The molecular formula is C17H18ClNO. The van der Waals surface area contributed by atoms with Crippen LogP contribution >= 0.6 is 11.6 Å². The number of hydrogen-bond acceptors (Lipinski definition) is 1. The van der Waals surface area contributed by atoms with E-state index in [0.29, 0.717) is 18.0 Å². The summed E-state index contributed by atoms with van der Waals surface area (Å²) in [6.45, 7) is 2.53. The molecule has 0 aliphatic carbocycles. The number of hydrogen-bond donors (Lipinski definition) is 1. The molecule has 0 aliphatic rings. The summed E-state index contributed by atoms with van der Waals surface area (Å²) in [5, 5.41) is 3.60. The SMILES string of the molecule is CC(CC(=O)NCc1ccccc1Cl)c1ccccc1. The maximum atomic E-state index is 12.0. The van der Waals surface area contributed by atoms with Crippen molar-refractivity contribution in [3.05, 3.63) is 70.7 Å². The first-order valence-electron chi connectivity index (χ1n) is 6.72. The zero-order valence-electron chi connectivity index (χ0n) is 11.5. The first kappa shape index (κ1) is 14.6. The van der Waals surface area contributed by atoms with Crippen molar-refractivity contribution in [1.82, 2.24) is 5.32 Å². The predicted molar refractivity (Wildman–Crippen MR) is 82.8 cm³/mol. The van der Waals surface area contributed by atoms with Crippen LogP contribution in [0, 0.1) is 0 Å². The average molecular weight is 288 g/mol. The van der Waals surface area contributed by atoms with Crippen LogP contribution in [-0.4, -0.2) is 5.91 Å². The molecule has 2 aromatic carbocycles. The van der Waals surface area contributed by atoms with Gasteiger partial charge in [-0.05, 0) is 23.1 Å².